The van der Waals surface area contributed by atoms with Crippen LogP contribution in [-0.4, -0.2) is 54.2 Å². The molecule has 1 aliphatic rings. The Morgan fingerprint density at radius 2 is 2.04 bits per heavy atom. The van der Waals surface area contributed by atoms with Crippen molar-refractivity contribution in [3.63, 3.8) is 0 Å². The fourth-order valence-electron chi connectivity index (χ4n) is 2.47. The molecule has 0 aliphatic carbocycles. The van der Waals surface area contributed by atoms with E-state index in [1.54, 1.807) is 12.1 Å². The number of carbonyl (C=O) groups excluding carboxylic acids is 2. The van der Waals surface area contributed by atoms with E-state index in [1.807, 2.05) is 6.07 Å². The van der Waals surface area contributed by atoms with Crippen molar-refractivity contribution in [1.29, 1.82) is 0 Å². The van der Waals surface area contributed by atoms with Gasteiger partial charge in [-0.2, -0.15) is 0 Å². The highest BCUT2D eigenvalue weighted by molar-refractivity contribution is 6.30. The van der Waals surface area contributed by atoms with Gasteiger partial charge >= 0.3 is 0 Å². The third-order valence-electron chi connectivity index (χ3n) is 3.73. The Morgan fingerprint density at radius 1 is 1.37 bits per heavy atom. The van der Waals surface area contributed by atoms with Gasteiger partial charge in [0.1, 0.15) is 12.6 Å². The van der Waals surface area contributed by atoms with Crippen LogP contribution in [0, 0.1) is 5.92 Å². The molecule has 1 atom stereocenters. The van der Waals surface area contributed by atoms with Gasteiger partial charge < -0.3 is 25.8 Å². The Morgan fingerprint density at radius 3 is 2.63 bits per heavy atom. The van der Waals surface area contributed by atoms with Crippen molar-refractivity contribution in [3.8, 4) is 0 Å². The highest BCUT2D eigenvalue weighted by Crippen LogP contribution is 2.16. The zero-order chi connectivity index (χ0) is 20.4. The van der Waals surface area contributed by atoms with Gasteiger partial charge in [0.05, 0.1) is 13.2 Å². The van der Waals surface area contributed by atoms with Gasteiger partial charge in [-0.15, -0.1) is 0 Å². The highest BCUT2D eigenvalue weighted by Gasteiger charge is 2.32. The van der Waals surface area contributed by atoms with E-state index in [0.717, 1.165) is 17.0 Å². The first-order chi connectivity index (χ1) is 12.8. The van der Waals surface area contributed by atoms with Crippen LogP contribution in [0.15, 0.2) is 18.2 Å². The molecule has 2 rings (SSSR count). The molecular weight excluding hydrogens is 370 g/mol. The van der Waals surface area contributed by atoms with Crippen LogP contribution in [0.25, 0.3) is 0 Å². The number of morpholine rings is 1. The average Bonchev–Trinajstić information content (AvgIpc) is 2.65. The standard InChI is InChI=1S/C15H20ClN3O4.C4H10/c16-12-2-1-10(6-17)11(5-12)7-18-15(22)13-9-23-4-3-19(13)14(21)8-20;1-4(2)3/h1-2,5,13,20H,3-4,6-9,17H2,(H,18,22);4H,1-3H3/t13-;/m0./s1. The molecule has 1 aromatic carbocycles. The molecule has 1 aromatic rings. The first kappa shape index (κ1) is 23.4. The summed E-state index contributed by atoms with van der Waals surface area (Å²) in [5, 5.41) is 12.3. The van der Waals surface area contributed by atoms with E-state index < -0.39 is 18.6 Å². The Bertz CT molecular complexity index is 622. The van der Waals surface area contributed by atoms with E-state index in [4.69, 9.17) is 27.2 Å². The topological polar surface area (TPSA) is 105 Å². The smallest absolute Gasteiger partial charge is 0.249 e. The number of hydrogen-bond donors (Lipinski definition) is 3. The molecule has 0 bridgehead atoms. The van der Waals surface area contributed by atoms with Crippen LogP contribution in [0.1, 0.15) is 31.9 Å². The third-order valence-corrected chi connectivity index (χ3v) is 3.96. The number of nitrogens with two attached hydrogens (primary N) is 1. The largest absolute Gasteiger partial charge is 0.387 e. The van der Waals surface area contributed by atoms with Crippen molar-refractivity contribution in [3.05, 3.63) is 34.3 Å². The molecule has 2 amide bonds. The van der Waals surface area contributed by atoms with Crippen LogP contribution in [0.3, 0.4) is 0 Å². The molecule has 0 saturated carbocycles. The van der Waals surface area contributed by atoms with E-state index in [-0.39, 0.29) is 25.6 Å². The number of nitrogens with zero attached hydrogens (tertiary/aromatic N) is 1. The normalized spacial score (nSPS) is 16.6. The second kappa shape index (κ2) is 11.9. The summed E-state index contributed by atoms with van der Waals surface area (Å²) in [6.45, 7) is 7.20. The maximum atomic E-state index is 12.4. The lowest BCUT2D eigenvalue weighted by Gasteiger charge is -2.34. The van der Waals surface area contributed by atoms with Gasteiger partial charge in [0.15, 0.2) is 0 Å². The summed E-state index contributed by atoms with van der Waals surface area (Å²) in [7, 11) is 0. The predicted molar refractivity (Wildman–Crippen MR) is 105 cm³/mol. The summed E-state index contributed by atoms with van der Waals surface area (Å²) in [4.78, 5) is 25.4. The van der Waals surface area contributed by atoms with Gasteiger partial charge in [0.25, 0.3) is 0 Å². The number of benzene rings is 1. The quantitative estimate of drug-likeness (QED) is 0.692. The molecule has 1 heterocycles. The molecule has 7 nitrogen and oxygen atoms in total. The lowest BCUT2D eigenvalue weighted by atomic mass is 10.1. The predicted octanol–water partition coefficient (Wildman–Crippen LogP) is 1.30. The summed E-state index contributed by atoms with van der Waals surface area (Å²) >= 11 is 5.97. The SMILES string of the molecule is CC(C)C.NCc1ccc(Cl)cc1CNC(=O)[C@@H]1COCCN1C(=O)CO. The van der Waals surface area contributed by atoms with Crippen LogP contribution in [0.4, 0.5) is 0 Å². The van der Waals surface area contributed by atoms with Gasteiger partial charge in [-0.3, -0.25) is 9.59 Å². The molecule has 1 saturated heterocycles. The first-order valence-electron chi connectivity index (χ1n) is 9.03. The van der Waals surface area contributed by atoms with E-state index in [2.05, 4.69) is 26.1 Å². The summed E-state index contributed by atoms with van der Waals surface area (Å²) in [5.41, 5.74) is 7.38. The lowest BCUT2D eigenvalue weighted by Crippen LogP contribution is -2.56. The van der Waals surface area contributed by atoms with Crippen LogP contribution >= 0.6 is 11.6 Å². The van der Waals surface area contributed by atoms with E-state index in [0.29, 0.717) is 18.2 Å². The molecule has 0 unspecified atom stereocenters. The number of rotatable bonds is 5. The van der Waals surface area contributed by atoms with Crippen molar-refractivity contribution in [2.75, 3.05) is 26.4 Å². The zero-order valence-corrected chi connectivity index (χ0v) is 17.0. The summed E-state index contributed by atoms with van der Waals surface area (Å²) in [5.74, 6) is 0.00768. The number of ether oxygens (including phenoxy) is 1. The molecule has 1 aliphatic heterocycles. The van der Waals surface area contributed by atoms with Gasteiger partial charge in [-0.25, -0.2) is 0 Å². The van der Waals surface area contributed by atoms with Crippen LogP contribution in [-0.2, 0) is 27.4 Å². The number of hydrogen-bond acceptors (Lipinski definition) is 5. The Hall–Kier alpha value is -1.67. The Balaban J connectivity index is 0.000000828. The van der Waals surface area contributed by atoms with Gasteiger partial charge in [-0.05, 0) is 29.2 Å². The van der Waals surface area contributed by atoms with Crippen LogP contribution in [0.5, 0.6) is 0 Å². The van der Waals surface area contributed by atoms with Crippen molar-refractivity contribution >= 4 is 23.4 Å². The molecular formula is C19H30ClN3O4. The monoisotopic (exact) mass is 399 g/mol. The molecule has 4 N–H and O–H groups in total. The Labute approximate surface area is 165 Å². The number of carbonyl (C=O) groups is 2. The molecule has 8 heteroatoms. The summed E-state index contributed by atoms with van der Waals surface area (Å²) in [6.07, 6.45) is 0. The van der Waals surface area contributed by atoms with Gasteiger partial charge in [0.2, 0.25) is 11.8 Å². The molecule has 0 radical (unpaired) electrons. The number of aliphatic hydroxyl groups is 1. The van der Waals surface area contributed by atoms with E-state index in [1.165, 1.54) is 4.90 Å². The molecule has 0 aromatic heterocycles. The van der Waals surface area contributed by atoms with E-state index in [9.17, 15) is 9.59 Å². The number of nitrogens with one attached hydrogen (secondary N) is 1. The van der Waals surface area contributed by atoms with Crippen molar-refractivity contribution in [2.24, 2.45) is 11.7 Å². The van der Waals surface area contributed by atoms with Crippen molar-refractivity contribution in [2.45, 2.75) is 39.9 Å². The second-order valence-corrected chi connectivity index (χ2v) is 7.34. The minimum absolute atomic E-state index is 0.108. The second-order valence-electron chi connectivity index (χ2n) is 6.90. The maximum absolute atomic E-state index is 12.4. The zero-order valence-electron chi connectivity index (χ0n) is 16.2. The van der Waals surface area contributed by atoms with Crippen LogP contribution < -0.4 is 11.1 Å². The summed E-state index contributed by atoms with van der Waals surface area (Å²) < 4.78 is 5.27. The molecule has 1 fully saturated rings. The maximum Gasteiger partial charge on any atom is 0.249 e. The minimum Gasteiger partial charge on any atom is -0.387 e. The summed E-state index contributed by atoms with van der Waals surface area (Å²) in [6, 6.07) is 4.56. The number of aliphatic hydroxyl groups excluding tert-OH is 1. The Kier molecular flexibility index (Phi) is 10.3. The highest BCUT2D eigenvalue weighted by atomic mass is 35.5. The van der Waals surface area contributed by atoms with Gasteiger partial charge in [-0.1, -0.05) is 38.4 Å². The van der Waals surface area contributed by atoms with Gasteiger partial charge in [0, 0.05) is 24.7 Å². The lowest BCUT2D eigenvalue weighted by molar-refractivity contribution is -0.150. The van der Waals surface area contributed by atoms with Crippen molar-refractivity contribution in [1.82, 2.24) is 10.2 Å². The first-order valence-corrected chi connectivity index (χ1v) is 9.41. The fraction of sp³-hybridized carbons (Fsp3) is 0.579. The minimum atomic E-state index is -0.746. The molecule has 27 heavy (non-hydrogen) atoms. The third kappa shape index (κ3) is 7.84. The average molecular weight is 400 g/mol. The van der Waals surface area contributed by atoms with E-state index >= 15 is 0 Å². The molecule has 152 valence electrons. The number of amides is 2. The fourth-order valence-corrected chi connectivity index (χ4v) is 2.66. The van der Waals surface area contributed by atoms with Crippen LogP contribution in [0.2, 0.25) is 5.02 Å². The number of halogens is 1. The molecule has 0 spiro atoms. The van der Waals surface area contributed by atoms with Crippen molar-refractivity contribution < 1.29 is 19.4 Å².